The Hall–Kier alpha value is -1.36. The molecule has 0 spiro atoms. The van der Waals surface area contributed by atoms with Gasteiger partial charge in [-0.25, -0.2) is 9.97 Å². The first-order valence-corrected chi connectivity index (χ1v) is 5.39. The molecule has 1 unspecified atom stereocenters. The van der Waals surface area contributed by atoms with Gasteiger partial charge < -0.3 is 15.2 Å². The van der Waals surface area contributed by atoms with Gasteiger partial charge in [0.15, 0.2) is 0 Å². The van der Waals surface area contributed by atoms with E-state index in [0.29, 0.717) is 18.2 Å². The Labute approximate surface area is 95.9 Å². The van der Waals surface area contributed by atoms with E-state index in [0.717, 1.165) is 12.8 Å². The predicted molar refractivity (Wildman–Crippen MR) is 62.6 cm³/mol. The van der Waals surface area contributed by atoms with Crippen molar-refractivity contribution in [2.75, 3.05) is 19.0 Å². The molecule has 1 aromatic rings. The fourth-order valence-electron chi connectivity index (χ4n) is 1.46. The maximum atomic E-state index is 9.97. The van der Waals surface area contributed by atoms with E-state index < -0.39 is 5.60 Å². The normalized spacial score (nSPS) is 14.2. The van der Waals surface area contributed by atoms with Crippen LogP contribution < -0.4 is 10.1 Å². The first-order chi connectivity index (χ1) is 7.57. The van der Waals surface area contributed by atoms with Crippen molar-refractivity contribution in [1.29, 1.82) is 0 Å². The predicted octanol–water partition coefficient (Wildman–Crippen LogP) is 1.45. The minimum Gasteiger partial charge on any atom is -0.481 e. The Morgan fingerprint density at radius 2 is 2.25 bits per heavy atom. The van der Waals surface area contributed by atoms with Crippen molar-refractivity contribution < 1.29 is 9.84 Å². The number of anilines is 1. The quantitative estimate of drug-likeness (QED) is 0.767. The molecular formula is C11H19N3O2. The summed E-state index contributed by atoms with van der Waals surface area (Å²) in [6.45, 7) is 4.31. The average molecular weight is 225 g/mol. The number of nitrogens with one attached hydrogen (secondary N) is 1. The summed E-state index contributed by atoms with van der Waals surface area (Å²) >= 11 is 0. The largest absolute Gasteiger partial charge is 0.481 e. The van der Waals surface area contributed by atoms with Crippen LogP contribution in [0.4, 0.5) is 5.82 Å². The maximum Gasteiger partial charge on any atom is 0.218 e. The summed E-state index contributed by atoms with van der Waals surface area (Å²) in [7, 11) is 1.55. The minimum atomic E-state index is -0.715. The number of aliphatic hydroxyl groups is 1. The van der Waals surface area contributed by atoms with Crippen LogP contribution in [0, 0.1) is 0 Å². The molecule has 0 radical (unpaired) electrons. The summed E-state index contributed by atoms with van der Waals surface area (Å²) in [5.74, 6) is 1.16. The molecule has 0 fully saturated rings. The third kappa shape index (κ3) is 4.02. The Bertz CT molecular complexity index is 329. The number of hydrogen-bond donors (Lipinski definition) is 2. The van der Waals surface area contributed by atoms with Crippen molar-refractivity contribution in [1.82, 2.24) is 9.97 Å². The number of nitrogens with zero attached hydrogens (tertiary/aromatic N) is 2. The molecule has 0 saturated carbocycles. The topological polar surface area (TPSA) is 67.3 Å². The van der Waals surface area contributed by atoms with Gasteiger partial charge in [-0.15, -0.1) is 0 Å². The van der Waals surface area contributed by atoms with Crippen LogP contribution in [0.3, 0.4) is 0 Å². The van der Waals surface area contributed by atoms with Gasteiger partial charge in [-0.1, -0.05) is 13.3 Å². The molecule has 5 nitrogen and oxygen atoms in total. The van der Waals surface area contributed by atoms with E-state index in [1.807, 2.05) is 13.8 Å². The van der Waals surface area contributed by atoms with Gasteiger partial charge in [-0.3, -0.25) is 0 Å². The van der Waals surface area contributed by atoms with Crippen LogP contribution in [0.5, 0.6) is 5.88 Å². The van der Waals surface area contributed by atoms with Crippen LogP contribution in [0.25, 0.3) is 0 Å². The van der Waals surface area contributed by atoms with E-state index >= 15 is 0 Å². The van der Waals surface area contributed by atoms with E-state index in [9.17, 15) is 5.11 Å². The van der Waals surface area contributed by atoms with Gasteiger partial charge in [-0.05, 0) is 13.3 Å². The summed E-state index contributed by atoms with van der Waals surface area (Å²) in [6, 6.07) is 1.70. The number of rotatable bonds is 6. The first-order valence-electron chi connectivity index (χ1n) is 5.39. The van der Waals surface area contributed by atoms with Crippen LogP contribution >= 0.6 is 0 Å². The number of hydrogen-bond acceptors (Lipinski definition) is 5. The zero-order valence-corrected chi connectivity index (χ0v) is 10.0. The van der Waals surface area contributed by atoms with Crippen molar-refractivity contribution in [3.05, 3.63) is 12.4 Å². The Balaban J connectivity index is 2.53. The molecule has 0 amide bonds. The molecule has 5 heteroatoms. The zero-order valence-electron chi connectivity index (χ0n) is 10.0. The van der Waals surface area contributed by atoms with Gasteiger partial charge in [0, 0.05) is 12.6 Å². The molecule has 0 saturated heterocycles. The lowest BCUT2D eigenvalue weighted by Crippen LogP contribution is -2.33. The zero-order chi connectivity index (χ0) is 12.0. The van der Waals surface area contributed by atoms with Gasteiger partial charge >= 0.3 is 0 Å². The van der Waals surface area contributed by atoms with Crippen LogP contribution in [0.1, 0.15) is 26.7 Å². The summed E-state index contributed by atoms with van der Waals surface area (Å²) in [4.78, 5) is 7.94. The molecule has 1 atom stereocenters. The Morgan fingerprint density at radius 3 is 2.88 bits per heavy atom. The fraction of sp³-hybridized carbons (Fsp3) is 0.636. The third-order valence-corrected chi connectivity index (χ3v) is 2.29. The maximum absolute atomic E-state index is 9.97. The molecule has 2 N–H and O–H groups in total. The van der Waals surface area contributed by atoms with E-state index in [1.54, 1.807) is 13.2 Å². The van der Waals surface area contributed by atoms with E-state index in [-0.39, 0.29) is 0 Å². The van der Waals surface area contributed by atoms with Crippen molar-refractivity contribution in [2.24, 2.45) is 0 Å². The second-order valence-corrected chi connectivity index (χ2v) is 4.05. The molecule has 0 aliphatic rings. The summed E-state index contributed by atoms with van der Waals surface area (Å²) in [6.07, 6.45) is 3.12. The fourth-order valence-corrected chi connectivity index (χ4v) is 1.46. The average Bonchev–Trinajstić information content (AvgIpc) is 2.27. The molecule has 0 bridgehead atoms. The van der Waals surface area contributed by atoms with Crippen molar-refractivity contribution >= 4 is 5.82 Å². The molecule has 0 aliphatic carbocycles. The highest BCUT2D eigenvalue weighted by atomic mass is 16.5. The molecule has 1 heterocycles. The highest BCUT2D eigenvalue weighted by Gasteiger charge is 2.18. The number of aromatic nitrogens is 2. The van der Waals surface area contributed by atoms with Crippen molar-refractivity contribution in [3.63, 3.8) is 0 Å². The Morgan fingerprint density at radius 1 is 1.50 bits per heavy atom. The summed E-state index contributed by atoms with van der Waals surface area (Å²) < 4.78 is 4.98. The number of ether oxygens (including phenoxy) is 1. The lowest BCUT2D eigenvalue weighted by molar-refractivity contribution is 0.0636. The van der Waals surface area contributed by atoms with Gasteiger partial charge in [0.2, 0.25) is 5.88 Å². The van der Waals surface area contributed by atoms with Crippen LogP contribution in [-0.4, -0.2) is 34.3 Å². The van der Waals surface area contributed by atoms with Gasteiger partial charge in [0.05, 0.1) is 12.7 Å². The van der Waals surface area contributed by atoms with E-state index in [1.165, 1.54) is 6.33 Å². The lowest BCUT2D eigenvalue weighted by atomic mass is 10.0. The molecule has 1 aromatic heterocycles. The molecule has 0 aromatic carbocycles. The second-order valence-electron chi connectivity index (χ2n) is 4.05. The van der Waals surface area contributed by atoms with Crippen molar-refractivity contribution in [3.8, 4) is 5.88 Å². The number of methoxy groups -OCH3 is 1. The van der Waals surface area contributed by atoms with Gasteiger partial charge in [0.1, 0.15) is 12.1 Å². The summed E-state index contributed by atoms with van der Waals surface area (Å²) in [5.41, 5.74) is -0.715. The van der Waals surface area contributed by atoms with Crippen LogP contribution in [-0.2, 0) is 0 Å². The first kappa shape index (κ1) is 12.7. The Kier molecular flexibility index (Phi) is 4.49. The van der Waals surface area contributed by atoms with E-state index in [2.05, 4.69) is 15.3 Å². The van der Waals surface area contributed by atoms with E-state index in [4.69, 9.17) is 4.74 Å². The van der Waals surface area contributed by atoms with Gasteiger partial charge in [0.25, 0.3) is 0 Å². The van der Waals surface area contributed by atoms with Crippen LogP contribution in [0.2, 0.25) is 0 Å². The minimum absolute atomic E-state index is 0.459. The van der Waals surface area contributed by atoms with Gasteiger partial charge in [-0.2, -0.15) is 0 Å². The SMILES string of the molecule is CCCC(C)(O)CNc1cc(OC)ncn1. The lowest BCUT2D eigenvalue weighted by Gasteiger charge is -2.23. The van der Waals surface area contributed by atoms with Crippen molar-refractivity contribution in [2.45, 2.75) is 32.3 Å². The highest BCUT2D eigenvalue weighted by Crippen LogP contribution is 2.14. The molecular weight excluding hydrogens is 206 g/mol. The standard InChI is InChI=1S/C11H19N3O2/c1-4-5-11(2,15)7-12-9-6-10(16-3)14-8-13-9/h6,8,15H,4-5,7H2,1-3H3,(H,12,13,14). The molecule has 16 heavy (non-hydrogen) atoms. The monoisotopic (exact) mass is 225 g/mol. The molecule has 1 rings (SSSR count). The second kappa shape index (κ2) is 5.65. The van der Waals surface area contributed by atoms with Crippen LogP contribution in [0.15, 0.2) is 12.4 Å². The highest BCUT2D eigenvalue weighted by molar-refractivity contribution is 5.37. The third-order valence-electron chi connectivity index (χ3n) is 2.29. The summed E-state index contributed by atoms with van der Waals surface area (Å²) in [5, 5.41) is 13.0. The molecule has 90 valence electrons. The molecule has 0 aliphatic heterocycles. The smallest absolute Gasteiger partial charge is 0.218 e.